The van der Waals surface area contributed by atoms with Gasteiger partial charge in [0.05, 0.1) is 23.7 Å². The maximum absolute atomic E-state index is 12.7. The minimum atomic E-state index is -0.433. The molecule has 142 valence electrons. The van der Waals surface area contributed by atoms with Crippen LogP contribution in [0.2, 0.25) is 0 Å². The monoisotopic (exact) mass is 376 g/mol. The summed E-state index contributed by atoms with van der Waals surface area (Å²) < 4.78 is 12.3. The fourth-order valence-electron chi connectivity index (χ4n) is 3.43. The zero-order valence-corrected chi connectivity index (χ0v) is 16.0. The highest BCUT2D eigenvalue weighted by Gasteiger charge is 2.18. The van der Waals surface area contributed by atoms with Gasteiger partial charge in [-0.25, -0.2) is 14.6 Å². The lowest BCUT2D eigenvalue weighted by Gasteiger charge is -2.08. The lowest BCUT2D eigenvalue weighted by atomic mass is 10.1. The first-order valence-corrected chi connectivity index (χ1v) is 9.15. The first-order valence-electron chi connectivity index (χ1n) is 9.15. The minimum absolute atomic E-state index is 0.405. The first kappa shape index (κ1) is 18.0. The van der Waals surface area contributed by atoms with Crippen molar-refractivity contribution in [3.8, 4) is 11.4 Å². The Morgan fingerprint density at radius 3 is 2.75 bits per heavy atom. The van der Waals surface area contributed by atoms with Gasteiger partial charge in [0, 0.05) is 11.9 Å². The summed E-state index contributed by atoms with van der Waals surface area (Å²) >= 11 is 0. The van der Waals surface area contributed by atoms with Crippen LogP contribution in [0.25, 0.3) is 33.4 Å². The molecule has 0 fully saturated rings. The van der Waals surface area contributed by atoms with Crippen LogP contribution in [0, 0.1) is 6.92 Å². The number of carbonyl (C=O) groups is 1. The number of carbonyl (C=O) groups excluding carboxylic acids is 1. The van der Waals surface area contributed by atoms with Crippen LogP contribution in [0.5, 0.6) is 0 Å². The zero-order valence-electron chi connectivity index (χ0n) is 16.0. The van der Waals surface area contributed by atoms with E-state index in [-0.39, 0.29) is 0 Å². The van der Waals surface area contributed by atoms with Gasteiger partial charge in [-0.1, -0.05) is 18.6 Å². The normalized spacial score (nSPS) is 11.2. The molecule has 0 amide bonds. The Kier molecular flexibility index (Phi) is 4.47. The van der Waals surface area contributed by atoms with E-state index in [4.69, 9.17) is 9.15 Å². The number of nitrogens with zero attached hydrogens (tertiary/aromatic N) is 2. The molecule has 0 bridgehead atoms. The predicted octanol–water partition coefficient (Wildman–Crippen LogP) is 4.31. The van der Waals surface area contributed by atoms with E-state index < -0.39 is 11.6 Å². The van der Waals surface area contributed by atoms with Crippen molar-refractivity contribution in [1.29, 1.82) is 0 Å². The summed E-state index contributed by atoms with van der Waals surface area (Å²) in [4.78, 5) is 29.2. The van der Waals surface area contributed by atoms with Gasteiger partial charge in [0.15, 0.2) is 0 Å². The maximum atomic E-state index is 12.7. The Bertz CT molecular complexity index is 1270. The molecule has 0 atom stereocenters. The van der Waals surface area contributed by atoms with E-state index in [1.807, 2.05) is 35.8 Å². The molecule has 0 radical (unpaired) electrons. The number of fused-ring (bicyclic) bond motifs is 2. The molecule has 6 heteroatoms. The van der Waals surface area contributed by atoms with Gasteiger partial charge in [0.1, 0.15) is 17.0 Å². The van der Waals surface area contributed by atoms with Crippen molar-refractivity contribution in [2.45, 2.75) is 26.8 Å². The summed E-state index contributed by atoms with van der Waals surface area (Å²) in [5.74, 6) is 0.116. The van der Waals surface area contributed by atoms with E-state index in [0.717, 1.165) is 22.9 Å². The number of rotatable bonds is 4. The molecular formula is C22H20N2O4. The van der Waals surface area contributed by atoms with Crippen molar-refractivity contribution >= 4 is 28.0 Å². The summed E-state index contributed by atoms with van der Waals surface area (Å²) in [5, 5.41) is 0.847. The molecule has 0 spiro atoms. The van der Waals surface area contributed by atoms with Gasteiger partial charge >= 0.3 is 11.6 Å². The molecule has 0 aliphatic heterocycles. The van der Waals surface area contributed by atoms with Gasteiger partial charge in [-0.3, -0.25) is 0 Å². The largest absolute Gasteiger partial charge is 0.465 e. The quantitative estimate of drug-likeness (QED) is 0.392. The summed E-state index contributed by atoms with van der Waals surface area (Å²) in [7, 11) is 1.34. The Labute approximate surface area is 161 Å². The fourth-order valence-corrected chi connectivity index (χ4v) is 3.43. The molecule has 0 N–H and O–H groups in total. The van der Waals surface area contributed by atoms with E-state index >= 15 is 0 Å². The van der Waals surface area contributed by atoms with Crippen LogP contribution >= 0.6 is 0 Å². The molecule has 2 aromatic carbocycles. The molecular weight excluding hydrogens is 356 g/mol. The number of aryl methyl sites for hydroxylation is 2. The molecule has 0 saturated carbocycles. The first-order chi connectivity index (χ1) is 13.5. The molecule has 0 aliphatic rings. The average molecular weight is 376 g/mol. The molecule has 0 unspecified atom stereocenters. The Morgan fingerprint density at radius 2 is 2.00 bits per heavy atom. The SMILES string of the molecule is CCCn1c(-c2cc3cc(C)ccc3oc2=O)nc2cc(C(=O)OC)ccc21. The summed E-state index contributed by atoms with van der Waals surface area (Å²) in [5.41, 5.74) is 3.51. The highest BCUT2D eigenvalue weighted by molar-refractivity contribution is 5.94. The Balaban J connectivity index is 1.98. The van der Waals surface area contributed by atoms with E-state index in [9.17, 15) is 9.59 Å². The van der Waals surface area contributed by atoms with Crippen molar-refractivity contribution in [1.82, 2.24) is 9.55 Å². The molecule has 28 heavy (non-hydrogen) atoms. The summed E-state index contributed by atoms with van der Waals surface area (Å²) in [6.45, 7) is 4.74. The second-order valence-electron chi connectivity index (χ2n) is 6.77. The molecule has 2 heterocycles. The highest BCUT2D eigenvalue weighted by atomic mass is 16.5. The third kappa shape index (κ3) is 2.97. The lowest BCUT2D eigenvalue weighted by Crippen LogP contribution is -2.08. The van der Waals surface area contributed by atoms with Crippen molar-refractivity contribution in [3.63, 3.8) is 0 Å². The number of methoxy groups -OCH3 is 1. The average Bonchev–Trinajstić information content (AvgIpc) is 3.05. The zero-order chi connectivity index (χ0) is 19.8. The maximum Gasteiger partial charge on any atom is 0.347 e. The van der Waals surface area contributed by atoms with Crippen LogP contribution < -0.4 is 5.63 Å². The van der Waals surface area contributed by atoms with Gasteiger partial charge < -0.3 is 13.7 Å². The smallest absolute Gasteiger partial charge is 0.347 e. The Hall–Kier alpha value is -3.41. The van der Waals surface area contributed by atoms with Crippen LogP contribution in [-0.4, -0.2) is 22.6 Å². The van der Waals surface area contributed by atoms with Crippen LogP contribution in [0.4, 0.5) is 0 Å². The van der Waals surface area contributed by atoms with Crippen molar-refractivity contribution in [2.24, 2.45) is 0 Å². The fraction of sp³-hybridized carbons (Fsp3) is 0.227. The van der Waals surface area contributed by atoms with Crippen LogP contribution in [0.3, 0.4) is 0 Å². The Morgan fingerprint density at radius 1 is 1.18 bits per heavy atom. The number of imidazole rings is 1. The standard InChI is InChI=1S/C22H20N2O4/c1-4-9-24-18-7-6-14(21(25)27-3)12-17(18)23-20(24)16-11-15-10-13(2)5-8-19(15)28-22(16)26/h5-8,10-12H,4,9H2,1-3H3. The van der Waals surface area contributed by atoms with Crippen LogP contribution in [0.15, 0.2) is 51.7 Å². The van der Waals surface area contributed by atoms with E-state index in [2.05, 4.69) is 11.9 Å². The number of benzene rings is 2. The van der Waals surface area contributed by atoms with Crippen molar-refractivity contribution < 1.29 is 13.9 Å². The second-order valence-corrected chi connectivity index (χ2v) is 6.77. The topological polar surface area (TPSA) is 74.3 Å². The van der Waals surface area contributed by atoms with Gasteiger partial charge in [0.2, 0.25) is 0 Å². The predicted molar refractivity (Wildman–Crippen MR) is 108 cm³/mol. The number of hydrogen-bond acceptors (Lipinski definition) is 5. The third-order valence-electron chi connectivity index (χ3n) is 4.75. The molecule has 4 rings (SSSR count). The number of esters is 1. The van der Waals surface area contributed by atoms with Crippen molar-refractivity contribution in [2.75, 3.05) is 7.11 Å². The minimum Gasteiger partial charge on any atom is -0.465 e. The summed E-state index contributed by atoms with van der Waals surface area (Å²) in [6, 6.07) is 12.7. The summed E-state index contributed by atoms with van der Waals surface area (Å²) in [6.07, 6.45) is 0.870. The van der Waals surface area contributed by atoms with E-state index in [0.29, 0.717) is 34.6 Å². The lowest BCUT2D eigenvalue weighted by molar-refractivity contribution is 0.0601. The van der Waals surface area contributed by atoms with Gasteiger partial charge in [-0.15, -0.1) is 0 Å². The molecule has 2 aromatic heterocycles. The third-order valence-corrected chi connectivity index (χ3v) is 4.75. The second kappa shape index (κ2) is 6.96. The van der Waals surface area contributed by atoms with Gasteiger partial charge in [-0.2, -0.15) is 0 Å². The highest BCUT2D eigenvalue weighted by Crippen LogP contribution is 2.27. The van der Waals surface area contributed by atoms with Gasteiger partial charge in [-0.05, 0) is 49.7 Å². The molecule has 0 saturated heterocycles. The number of aromatic nitrogens is 2. The van der Waals surface area contributed by atoms with Crippen LogP contribution in [0.1, 0.15) is 29.3 Å². The van der Waals surface area contributed by atoms with Crippen molar-refractivity contribution in [3.05, 3.63) is 64.0 Å². The van der Waals surface area contributed by atoms with E-state index in [1.165, 1.54) is 7.11 Å². The number of hydrogen-bond donors (Lipinski definition) is 0. The molecule has 0 aliphatic carbocycles. The molecule has 4 aromatic rings. The van der Waals surface area contributed by atoms with Crippen LogP contribution in [-0.2, 0) is 11.3 Å². The molecule has 6 nitrogen and oxygen atoms in total. The number of ether oxygens (including phenoxy) is 1. The van der Waals surface area contributed by atoms with E-state index in [1.54, 1.807) is 18.2 Å². The van der Waals surface area contributed by atoms with Gasteiger partial charge in [0.25, 0.3) is 0 Å².